The number of esters is 1. The number of carbonyl (C=O) groups excluding carboxylic acids is 1. The van der Waals surface area contributed by atoms with E-state index in [-0.39, 0.29) is 5.96 Å². The molecule has 5 heteroatoms. The van der Waals surface area contributed by atoms with Gasteiger partial charge in [0.1, 0.15) is 5.60 Å². The van der Waals surface area contributed by atoms with Gasteiger partial charge in [-0.25, -0.2) is 9.79 Å². The van der Waals surface area contributed by atoms with Crippen LogP contribution in [0.3, 0.4) is 0 Å². The molecule has 0 bridgehead atoms. The van der Waals surface area contributed by atoms with Gasteiger partial charge < -0.3 is 16.2 Å². The van der Waals surface area contributed by atoms with Crippen LogP contribution in [0.5, 0.6) is 0 Å². The molecular weight excluding hydrogens is 218 g/mol. The van der Waals surface area contributed by atoms with Crippen molar-refractivity contribution in [1.29, 1.82) is 0 Å². The molecule has 0 aliphatic carbocycles. The standard InChI is InChI=1S/C12H17N3O2/c1-12(2,3)17-10(16)8-6-4-5-7-9(8)15-11(13)14/h4-7H,1-3H3,(H4,13,14,15). The van der Waals surface area contributed by atoms with E-state index in [2.05, 4.69) is 4.99 Å². The minimum atomic E-state index is -0.553. The van der Waals surface area contributed by atoms with E-state index in [1.165, 1.54) is 0 Å². The Kier molecular flexibility index (Phi) is 3.73. The van der Waals surface area contributed by atoms with Gasteiger partial charge in [-0.05, 0) is 32.9 Å². The number of ether oxygens (including phenoxy) is 1. The Morgan fingerprint density at radius 3 is 2.35 bits per heavy atom. The van der Waals surface area contributed by atoms with Crippen LogP contribution in [0.15, 0.2) is 29.3 Å². The summed E-state index contributed by atoms with van der Waals surface area (Å²) in [5.41, 5.74) is 10.8. The van der Waals surface area contributed by atoms with Crippen molar-refractivity contribution in [2.45, 2.75) is 26.4 Å². The second-order valence-electron chi connectivity index (χ2n) is 4.56. The van der Waals surface area contributed by atoms with Crippen molar-refractivity contribution in [1.82, 2.24) is 0 Å². The number of nitrogens with two attached hydrogens (primary N) is 2. The van der Waals surface area contributed by atoms with Gasteiger partial charge in [0.05, 0.1) is 11.3 Å². The maximum atomic E-state index is 11.9. The Morgan fingerprint density at radius 2 is 1.82 bits per heavy atom. The normalized spacial score (nSPS) is 10.8. The van der Waals surface area contributed by atoms with Gasteiger partial charge in [0.2, 0.25) is 0 Å². The van der Waals surface area contributed by atoms with E-state index >= 15 is 0 Å². The maximum Gasteiger partial charge on any atom is 0.340 e. The summed E-state index contributed by atoms with van der Waals surface area (Å²) in [6.45, 7) is 5.40. The molecule has 0 heterocycles. The zero-order valence-electron chi connectivity index (χ0n) is 10.2. The average molecular weight is 235 g/mol. The summed E-state index contributed by atoms with van der Waals surface area (Å²) in [7, 11) is 0. The SMILES string of the molecule is CC(C)(C)OC(=O)c1ccccc1N=C(N)N. The first-order chi connectivity index (χ1) is 7.79. The lowest BCUT2D eigenvalue weighted by molar-refractivity contribution is 0.00706. The van der Waals surface area contributed by atoms with Gasteiger partial charge >= 0.3 is 5.97 Å². The molecule has 1 aromatic carbocycles. The number of benzene rings is 1. The highest BCUT2D eigenvalue weighted by molar-refractivity contribution is 5.96. The summed E-state index contributed by atoms with van der Waals surface area (Å²) in [6.07, 6.45) is 0. The number of hydrogen-bond acceptors (Lipinski definition) is 3. The monoisotopic (exact) mass is 235 g/mol. The fourth-order valence-electron chi connectivity index (χ4n) is 1.22. The van der Waals surface area contributed by atoms with E-state index in [9.17, 15) is 4.79 Å². The maximum absolute atomic E-state index is 11.9. The minimum Gasteiger partial charge on any atom is -0.456 e. The van der Waals surface area contributed by atoms with Crippen molar-refractivity contribution < 1.29 is 9.53 Å². The second-order valence-corrected chi connectivity index (χ2v) is 4.56. The Labute approximate surface area is 100 Å². The van der Waals surface area contributed by atoms with Crippen molar-refractivity contribution in [3.05, 3.63) is 29.8 Å². The third-order valence-electron chi connectivity index (χ3n) is 1.77. The summed E-state index contributed by atoms with van der Waals surface area (Å²) in [4.78, 5) is 15.8. The molecule has 1 aromatic rings. The Hall–Kier alpha value is -2.04. The second kappa shape index (κ2) is 4.86. The number of carbonyl (C=O) groups is 1. The third kappa shape index (κ3) is 4.14. The molecule has 4 N–H and O–H groups in total. The lowest BCUT2D eigenvalue weighted by Gasteiger charge is -2.19. The number of guanidine groups is 1. The highest BCUT2D eigenvalue weighted by Gasteiger charge is 2.19. The smallest absolute Gasteiger partial charge is 0.340 e. The summed E-state index contributed by atoms with van der Waals surface area (Å²) in [5, 5.41) is 0. The number of aliphatic imine (C=N–C) groups is 1. The van der Waals surface area contributed by atoms with E-state index < -0.39 is 11.6 Å². The van der Waals surface area contributed by atoms with E-state index in [4.69, 9.17) is 16.2 Å². The summed E-state index contributed by atoms with van der Waals surface area (Å²) in [6, 6.07) is 6.75. The molecule has 0 aliphatic heterocycles. The van der Waals surface area contributed by atoms with Crippen LogP contribution in [0.4, 0.5) is 5.69 Å². The Morgan fingerprint density at radius 1 is 1.24 bits per heavy atom. The molecule has 0 saturated carbocycles. The van der Waals surface area contributed by atoms with E-state index in [1.807, 2.05) is 0 Å². The first-order valence-electron chi connectivity index (χ1n) is 5.21. The van der Waals surface area contributed by atoms with Gasteiger partial charge in [-0.15, -0.1) is 0 Å². The Bertz CT molecular complexity index is 443. The average Bonchev–Trinajstić information content (AvgIpc) is 2.14. The zero-order chi connectivity index (χ0) is 13.1. The lowest BCUT2D eigenvalue weighted by Crippen LogP contribution is -2.24. The predicted octanol–water partition coefficient (Wildman–Crippen LogP) is 1.55. The molecule has 5 nitrogen and oxygen atoms in total. The van der Waals surface area contributed by atoms with Gasteiger partial charge in [0.25, 0.3) is 0 Å². The van der Waals surface area contributed by atoms with Crippen molar-refractivity contribution in [3.8, 4) is 0 Å². The molecular formula is C12H17N3O2. The summed E-state index contributed by atoms with van der Waals surface area (Å²) in [5.74, 6) is -0.542. The first-order valence-corrected chi connectivity index (χ1v) is 5.21. The van der Waals surface area contributed by atoms with Crippen molar-refractivity contribution >= 4 is 17.6 Å². The molecule has 0 unspecified atom stereocenters. The van der Waals surface area contributed by atoms with Gasteiger partial charge in [-0.2, -0.15) is 0 Å². The lowest BCUT2D eigenvalue weighted by atomic mass is 10.1. The number of para-hydroxylation sites is 1. The molecule has 0 fully saturated rings. The van der Waals surface area contributed by atoms with Crippen molar-refractivity contribution in [3.63, 3.8) is 0 Å². The molecule has 0 saturated heterocycles. The van der Waals surface area contributed by atoms with Crippen molar-refractivity contribution in [2.75, 3.05) is 0 Å². The van der Waals surface area contributed by atoms with Gasteiger partial charge in [0, 0.05) is 0 Å². The molecule has 92 valence electrons. The van der Waals surface area contributed by atoms with Crippen LogP contribution < -0.4 is 11.5 Å². The van der Waals surface area contributed by atoms with E-state index in [0.29, 0.717) is 11.3 Å². The molecule has 17 heavy (non-hydrogen) atoms. The van der Waals surface area contributed by atoms with E-state index in [1.54, 1.807) is 45.0 Å². The largest absolute Gasteiger partial charge is 0.456 e. The number of hydrogen-bond donors (Lipinski definition) is 2. The molecule has 0 spiro atoms. The first kappa shape index (κ1) is 13.0. The van der Waals surface area contributed by atoms with Gasteiger partial charge in [-0.3, -0.25) is 0 Å². The molecule has 0 amide bonds. The number of nitrogens with zero attached hydrogens (tertiary/aromatic N) is 1. The van der Waals surface area contributed by atoms with Gasteiger partial charge in [0.15, 0.2) is 5.96 Å². The molecule has 0 radical (unpaired) electrons. The highest BCUT2D eigenvalue weighted by Crippen LogP contribution is 2.21. The Balaban J connectivity index is 3.06. The fourth-order valence-corrected chi connectivity index (χ4v) is 1.22. The third-order valence-corrected chi connectivity index (χ3v) is 1.77. The van der Waals surface area contributed by atoms with Crippen LogP contribution in [0.25, 0.3) is 0 Å². The fraction of sp³-hybridized carbons (Fsp3) is 0.333. The van der Waals surface area contributed by atoms with Crippen LogP contribution in [0, 0.1) is 0 Å². The molecule has 0 aliphatic rings. The molecule has 0 aromatic heterocycles. The summed E-state index contributed by atoms with van der Waals surface area (Å²) >= 11 is 0. The molecule has 0 atom stereocenters. The highest BCUT2D eigenvalue weighted by atomic mass is 16.6. The topological polar surface area (TPSA) is 90.7 Å². The zero-order valence-corrected chi connectivity index (χ0v) is 10.2. The van der Waals surface area contributed by atoms with Crippen LogP contribution in [-0.2, 0) is 4.74 Å². The molecule has 1 rings (SSSR count). The minimum absolute atomic E-state index is 0.0963. The number of rotatable bonds is 2. The van der Waals surface area contributed by atoms with Crippen LogP contribution in [0.2, 0.25) is 0 Å². The van der Waals surface area contributed by atoms with Crippen molar-refractivity contribution in [2.24, 2.45) is 16.5 Å². The van der Waals surface area contributed by atoms with Crippen LogP contribution in [0.1, 0.15) is 31.1 Å². The quantitative estimate of drug-likeness (QED) is 0.462. The van der Waals surface area contributed by atoms with Crippen LogP contribution in [-0.4, -0.2) is 17.5 Å². The summed E-state index contributed by atoms with van der Waals surface area (Å²) < 4.78 is 5.26. The van der Waals surface area contributed by atoms with Gasteiger partial charge in [-0.1, -0.05) is 12.1 Å². The van der Waals surface area contributed by atoms with E-state index in [0.717, 1.165) is 0 Å². The predicted molar refractivity (Wildman–Crippen MR) is 67.1 cm³/mol. The van der Waals surface area contributed by atoms with Crippen LogP contribution >= 0.6 is 0 Å².